The van der Waals surface area contributed by atoms with Crippen LogP contribution in [0.15, 0.2) is 36.4 Å². The minimum absolute atomic E-state index is 0.524. The van der Waals surface area contributed by atoms with Gasteiger partial charge in [0.2, 0.25) is 0 Å². The van der Waals surface area contributed by atoms with Gasteiger partial charge in [-0.1, -0.05) is 23.7 Å². The lowest BCUT2D eigenvalue weighted by atomic mass is 9.97. The van der Waals surface area contributed by atoms with Crippen LogP contribution in [0.2, 0.25) is 5.02 Å². The molecule has 0 unspecified atom stereocenters. The molecule has 0 fully saturated rings. The molecule has 0 atom stereocenters. The van der Waals surface area contributed by atoms with E-state index in [1.165, 1.54) is 5.56 Å². The zero-order chi connectivity index (χ0) is 13.1. The highest BCUT2D eigenvalue weighted by Crippen LogP contribution is 2.34. The Hall–Kier alpha value is -1.51. The molecule has 0 heterocycles. The number of methoxy groups -OCH3 is 1. The maximum atomic E-state index is 6.07. The van der Waals surface area contributed by atoms with E-state index in [-0.39, 0.29) is 0 Å². The molecule has 0 saturated carbocycles. The van der Waals surface area contributed by atoms with Crippen LogP contribution in [0.3, 0.4) is 0 Å². The van der Waals surface area contributed by atoms with Crippen molar-refractivity contribution >= 4 is 11.6 Å². The van der Waals surface area contributed by atoms with Gasteiger partial charge in [-0.3, -0.25) is 0 Å². The molecule has 3 heteroatoms. The Balaban J connectivity index is 2.63. The summed E-state index contributed by atoms with van der Waals surface area (Å²) in [5, 5.41) is 0.698. The van der Waals surface area contributed by atoms with Gasteiger partial charge in [-0.15, -0.1) is 0 Å². The van der Waals surface area contributed by atoms with E-state index in [1.54, 1.807) is 7.11 Å². The van der Waals surface area contributed by atoms with E-state index >= 15 is 0 Å². The molecule has 2 nitrogen and oxygen atoms in total. The van der Waals surface area contributed by atoms with E-state index in [9.17, 15) is 0 Å². The van der Waals surface area contributed by atoms with E-state index < -0.39 is 0 Å². The summed E-state index contributed by atoms with van der Waals surface area (Å²) >= 11 is 6.07. The molecular formula is C15H16ClNO. The van der Waals surface area contributed by atoms with Crippen LogP contribution in [0.4, 0.5) is 0 Å². The summed E-state index contributed by atoms with van der Waals surface area (Å²) in [7, 11) is 1.66. The molecule has 2 aromatic rings. The van der Waals surface area contributed by atoms with Gasteiger partial charge < -0.3 is 10.5 Å². The molecule has 94 valence electrons. The lowest BCUT2D eigenvalue weighted by Gasteiger charge is -2.13. The third kappa shape index (κ3) is 2.50. The van der Waals surface area contributed by atoms with Crippen molar-refractivity contribution in [1.29, 1.82) is 0 Å². The minimum atomic E-state index is 0.524. The van der Waals surface area contributed by atoms with E-state index in [1.807, 2.05) is 24.3 Å². The molecule has 0 aliphatic heterocycles. The van der Waals surface area contributed by atoms with Gasteiger partial charge in [0.15, 0.2) is 0 Å². The number of aryl methyl sites for hydroxylation is 1. The smallest absolute Gasteiger partial charge is 0.126 e. The van der Waals surface area contributed by atoms with Crippen LogP contribution in [0.25, 0.3) is 11.1 Å². The molecule has 18 heavy (non-hydrogen) atoms. The Kier molecular flexibility index (Phi) is 3.90. The fourth-order valence-electron chi connectivity index (χ4n) is 1.98. The van der Waals surface area contributed by atoms with Gasteiger partial charge in [-0.05, 0) is 47.9 Å². The maximum absolute atomic E-state index is 6.07. The van der Waals surface area contributed by atoms with Gasteiger partial charge in [0.1, 0.15) is 5.75 Å². The first-order valence-electron chi connectivity index (χ1n) is 5.79. The lowest BCUT2D eigenvalue weighted by molar-refractivity contribution is 0.416. The molecule has 0 bridgehead atoms. The van der Waals surface area contributed by atoms with Gasteiger partial charge in [-0.25, -0.2) is 0 Å². The van der Waals surface area contributed by atoms with Gasteiger partial charge in [-0.2, -0.15) is 0 Å². The first kappa shape index (κ1) is 12.9. The molecule has 2 aromatic carbocycles. The highest BCUT2D eigenvalue weighted by atomic mass is 35.5. The van der Waals surface area contributed by atoms with E-state index in [0.29, 0.717) is 11.6 Å². The standard InChI is InChI=1S/C15H16ClNO/c1-10-3-4-11(9-17)7-13(10)14-8-12(16)5-6-15(14)18-2/h3-8H,9,17H2,1-2H3. The summed E-state index contributed by atoms with van der Waals surface area (Å²) < 4.78 is 5.39. The van der Waals surface area contributed by atoms with Crippen LogP contribution < -0.4 is 10.5 Å². The van der Waals surface area contributed by atoms with Gasteiger partial charge in [0.25, 0.3) is 0 Å². The largest absolute Gasteiger partial charge is 0.496 e. The predicted octanol–water partition coefficient (Wildman–Crippen LogP) is 3.78. The molecule has 2 N–H and O–H groups in total. The Morgan fingerprint density at radius 2 is 1.89 bits per heavy atom. The lowest BCUT2D eigenvalue weighted by Crippen LogP contribution is -1.98. The summed E-state index contributed by atoms with van der Waals surface area (Å²) in [6, 6.07) is 11.8. The SMILES string of the molecule is COc1ccc(Cl)cc1-c1cc(CN)ccc1C. The number of benzene rings is 2. The van der Waals surface area contributed by atoms with Crippen LogP contribution in [-0.4, -0.2) is 7.11 Å². The molecule has 0 spiro atoms. The second-order valence-electron chi connectivity index (χ2n) is 4.20. The van der Waals surface area contributed by atoms with Crippen molar-refractivity contribution in [3.05, 3.63) is 52.5 Å². The van der Waals surface area contributed by atoms with E-state index in [0.717, 1.165) is 22.4 Å². The molecule has 0 amide bonds. The molecular weight excluding hydrogens is 246 g/mol. The number of hydrogen-bond donors (Lipinski definition) is 1. The fraction of sp³-hybridized carbons (Fsp3) is 0.200. The molecule has 0 radical (unpaired) electrons. The number of rotatable bonds is 3. The van der Waals surface area contributed by atoms with Gasteiger partial charge >= 0.3 is 0 Å². The van der Waals surface area contributed by atoms with Crippen molar-refractivity contribution in [2.45, 2.75) is 13.5 Å². The topological polar surface area (TPSA) is 35.2 Å². The summed E-state index contributed by atoms with van der Waals surface area (Å²) in [5.74, 6) is 0.816. The Bertz CT molecular complexity index is 566. The number of nitrogens with two attached hydrogens (primary N) is 1. The summed E-state index contributed by atoms with van der Waals surface area (Å²) in [6.07, 6.45) is 0. The molecule has 2 rings (SSSR count). The minimum Gasteiger partial charge on any atom is -0.496 e. The summed E-state index contributed by atoms with van der Waals surface area (Å²) in [4.78, 5) is 0. The Morgan fingerprint density at radius 3 is 2.56 bits per heavy atom. The zero-order valence-electron chi connectivity index (χ0n) is 10.5. The third-order valence-corrected chi connectivity index (χ3v) is 3.22. The van der Waals surface area contributed by atoms with E-state index in [4.69, 9.17) is 22.1 Å². The molecule has 0 aliphatic carbocycles. The van der Waals surface area contributed by atoms with Crippen molar-refractivity contribution in [3.63, 3.8) is 0 Å². The van der Waals surface area contributed by atoms with Crippen molar-refractivity contribution < 1.29 is 4.74 Å². The molecule has 0 saturated heterocycles. The molecule has 0 aromatic heterocycles. The first-order chi connectivity index (χ1) is 8.65. The highest BCUT2D eigenvalue weighted by molar-refractivity contribution is 6.31. The monoisotopic (exact) mass is 261 g/mol. The van der Waals surface area contributed by atoms with Crippen LogP contribution in [-0.2, 0) is 6.54 Å². The van der Waals surface area contributed by atoms with Crippen molar-refractivity contribution in [1.82, 2.24) is 0 Å². The van der Waals surface area contributed by atoms with Crippen LogP contribution in [0.5, 0.6) is 5.75 Å². The normalized spacial score (nSPS) is 10.4. The van der Waals surface area contributed by atoms with Crippen LogP contribution in [0.1, 0.15) is 11.1 Å². The number of hydrogen-bond acceptors (Lipinski definition) is 2. The summed E-state index contributed by atoms with van der Waals surface area (Å²) in [5.41, 5.74) is 10.1. The average Bonchev–Trinajstić information content (AvgIpc) is 2.39. The van der Waals surface area contributed by atoms with Crippen LogP contribution >= 0.6 is 11.6 Å². The summed E-state index contributed by atoms with van der Waals surface area (Å²) in [6.45, 7) is 2.59. The van der Waals surface area contributed by atoms with Crippen molar-refractivity contribution in [2.75, 3.05) is 7.11 Å². The Labute approximate surface area is 112 Å². The first-order valence-corrected chi connectivity index (χ1v) is 6.17. The average molecular weight is 262 g/mol. The second-order valence-corrected chi connectivity index (χ2v) is 4.63. The third-order valence-electron chi connectivity index (χ3n) is 2.99. The number of ether oxygens (including phenoxy) is 1. The molecule has 0 aliphatic rings. The van der Waals surface area contributed by atoms with E-state index in [2.05, 4.69) is 19.1 Å². The number of halogens is 1. The quantitative estimate of drug-likeness (QED) is 0.913. The second kappa shape index (κ2) is 5.42. The van der Waals surface area contributed by atoms with Crippen LogP contribution in [0, 0.1) is 6.92 Å². The van der Waals surface area contributed by atoms with Crippen molar-refractivity contribution in [3.8, 4) is 16.9 Å². The maximum Gasteiger partial charge on any atom is 0.126 e. The highest BCUT2D eigenvalue weighted by Gasteiger charge is 2.09. The van der Waals surface area contributed by atoms with Gasteiger partial charge in [0.05, 0.1) is 7.11 Å². The fourth-order valence-corrected chi connectivity index (χ4v) is 2.15. The van der Waals surface area contributed by atoms with Crippen molar-refractivity contribution in [2.24, 2.45) is 5.73 Å². The Morgan fingerprint density at radius 1 is 1.11 bits per heavy atom. The van der Waals surface area contributed by atoms with Gasteiger partial charge in [0, 0.05) is 17.1 Å². The zero-order valence-corrected chi connectivity index (χ0v) is 11.3. The predicted molar refractivity (Wildman–Crippen MR) is 76.1 cm³/mol.